The summed E-state index contributed by atoms with van der Waals surface area (Å²) in [5.41, 5.74) is 3.52. The molecule has 2 aromatic carbocycles. The number of carbonyl (C=O) groups excluding carboxylic acids is 2. The largest absolute Gasteiger partial charge is 0.327 e. The van der Waals surface area contributed by atoms with Gasteiger partial charge in [-0.05, 0) is 50.5 Å². The molecular formula is C24H27N5O2. The van der Waals surface area contributed by atoms with Gasteiger partial charge < -0.3 is 19.7 Å². The van der Waals surface area contributed by atoms with E-state index >= 15 is 0 Å². The number of aryl methyl sites for hydroxylation is 1. The van der Waals surface area contributed by atoms with Crippen LogP contribution in [0, 0.1) is 0 Å². The summed E-state index contributed by atoms with van der Waals surface area (Å²) in [6.45, 7) is 4.30. The molecule has 2 saturated heterocycles. The maximum Gasteiger partial charge on any atom is 0.322 e. The van der Waals surface area contributed by atoms with Crippen molar-refractivity contribution in [3.05, 3.63) is 54.4 Å². The van der Waals surface area contributed by atoms with Crippen LogP contribution in [0.5, 0.6) is 0 Å². The van der Waals surface area contributed by atoms with Gasteiger partial charge in [0.2, 0.25) is 5.91 Å². The van der Waals surface area contributed by atoms with E-state index in [9.17, 15) is 9.59 Å². The molecule has 7 nitrogen and oxygen atoms in total. The van der Waals surface area contributed by atoms with Gasteiger partial charge in [0.05, 0.1) is 28.5 Å². The number of hydrogen-bond acceptors (Lipinski definition) is 3. The van der Waals surface area contributed by atoms with Crippen LogP contribution in [0.4, 0.5) is 16.2 Å². The summed E-state index contributed by atoms with van der Waals surface area (Å²) >= 11 is 0. The molecule has 1 N–H and O–H groups in total. The predicted molar refractivity (Wildman–Crippen MR) is 121 cm³/mol. The molecule has 3 amide bonds. The molecule has 2 aliphatic heterocycles. The van der Waals surface area contributed by atoms with Gasteiger partial charge in [0.25, 0.3) is 0 Å². The lowest BCUT2D eigenvalue weighted by molar-refractivity contribution is -0.117. The third kappa shape index (κ3) is 3.44. The number of benzene rings is 2. The number of imidazole rings is 1. The molecule has 0 saturated carbocycles. The van der Waals surface area contributed by atoms with E-state index in [0.29, 0.717) is 25.2 Å². The second kappa shape index (κ2) is 8.06. The van der Waals surface area contributed by atoms with Crippen molar-refractivity contribution < 1.29 is 9.59 Å². The molecule has 0 bridgehead atoms. The van der Waals surface area contributed by atoms with Gasteiger partial charge in [0.15, 0.2) is 0 Å². The van der Waals surface area contributed by atoms with E-state index in [1.54, 1.807) is 4.90 Å². The number of para-hydroxylation sites is 4. The number of hydrogen-bond donors (Lipinski definition) is 1. The number of aromatic nitrogens is 2. The van der Waals surface area contributed by atoms with E-state index in [-0.39, 0.29) is 18.0 Å². The summed E-state index contributed by atoms with van der Waals surface area (Å²) in [4.78, 5) is 34.1. The highest BCUT2D eigenvalue weighted by atomic mass is 16.2. The highest BCUT2D eigenvalue weighted by Crippen LogP contribution is 2.35. The van der Waals surface area contributed by atoms with Gasteiger partial charge in [-0.2, -0.15) is 0 Å². The number of amides is 3. The number of fused-ring (bicyclic) bond motifs is 1. The Balaban J connectivity index is 1.43. The lowest BCUT2D eigenvalue weighted by Crippen LogP contribution is -2.36. The van der Waals surface area contributed by atoms with Gasteiger partial charge in [-0.15, -0.1) is 0 Å². The Hall–Kier alpha value is -3.35. The van der Waals surface area contributed by atoms with Crippen LogP contribution in [0.25, 0.3) is 11.0 Å². The smallest absolute Gasteiger partial charge is 0.322 e. The van der Waals surface area contributed by atoms with Gasteiger partial charge in [-0.1, -0.05) is 24.3 Å². The van der Waals surface area contributed by atoms with E-state index in [2.05, 4.69) is 22.9 Å². The number of anilines is 2. The van der Waals surface area contributed by atoms with Crippen molar-refractivity contribution in [2.75, 3.05) is 23.3 Å². The number of nitrogens with one attached hydrogen (secondary N) is 1. The molecule has 1 atom stereocenters. The monoisotopic (exact) mass is 417 g/mol. The fourth-order valence-electron chi connectivity index (χ4n) is 4.86. The van der Waals surface area contributed by atoms with Crippen LogP contribution in [-0.4, -0.2) is 39.5 Å². The normalized spacial score (nSPS) is 18.9. The summed E-state index contributed by atoms with van der Waals surface area (Å²) in [5, 5.41) is 3.08. The zero-order chi connectivity index (χ0) is 21.4. The minimum absolute atomic E-state index is 0.0621. The Bertz CT molecular complexity index is 1140. The fraction of sp³-hybridized carbons (Fsp3) is 0.375. The minimum Gasteiger partial charge on any atom is -0.327 e. The molecular weight excluding hydrogens is 390 g/mol. The van der Waals surface area contributed by atoms with Crippen molar-refractivity contribution in [1.82, 2.24) is 14.5 Å². The average molecular weight is 418 g/mol. The van der Waals surface area contributed by atoms with E-state index in [4.69, 9.17) is 4.98 Å². The van der Waals surface area contributed by atoms with Gasteiger partial charge >= 0.3 is 6.03 Å². The lowest BCUT2D eigenvalue weighted by atomic mass is 10.2. The number of urea groups is 1. The maximum absolute atomic E-state index is 13.3. The number of likely N-dealkylation sites (tertiary alicyclic amines) is 1. The molecule has 1 unspecified atom stereocenters. The number of nitrogens with zero attached hydrogens (tertiary/aromatic N) is 4. The molecule has 3 aromatic rings. The first kappa shape index (κ1) is 19.6. The van der Waals surface area contributed by atoms with Crippen LogP contribution < -0.4 is 10.2 Å². The van der Waals surface area contributed by atoms with E-state index in [1.165, 1.54) is 0 Å². The van der Waals surface area contributed by atoms with Crippen LogP contribution in [-0.2, 0) is 11.3 Å². The van der Waals surface area contributed by atoms with E-state index in [0.717, 1.165) is 48.4 Å². The highest BCUT2D eigenvalue weighted by Gasteiger charge is 2.34. The Kier molecular flexibility index (Phi) is 5.10. The molecule has 0 spiro atoms. The van der Waals surface area contributed by atoms with Crippen LogP contribution in [0.1, 0.15) is 44.5 Å². The SMILES string of the molecule is CCn1c(C2CCCN2C(=O)Nc2ccccc2N2CCCC2=O)nc2ccccc21. The zero-order valence-corrected chi connectivity index (χ0v) is 17.8. The standard InChI is InChI=1S/C24H27N5O2/c1-2-27-19-11-5-3-9-17(19)25-23(27)21-13-7-16-29(21)24(31)26-18-10-4-6-12-20(18)28-15-8-14-22(28)30/h3-6,9-12,21H,2,7-8,13-16H2,1H3,(H,26,31). The van der Waals surface area contributed by atoms with Crippen molar-refractivity contribution in [1.29, 1.82) is 0 Å². The first-order chi connectivity index (χ1) is 15.2. The summed E-state index contributed by atoms with van der Waals surface area (Å²) in [5.74, 6) is 1.05. The van der Waals surface area contributed by atoms with Crippen LogP contribution in [0.2, 0.25) is 0 Å². The van der Waals surface area contributed by atoms with Gasteiger partial charge in [-0.25, -0.2) is 9.78 Å². The molecule has 2 aliphatic rings. The molecule has 0 radical (unpaired) electrons. The molecule has 5 rings (SSSR count). The van der Waals surface area contributed by atoms with Gasteiger partial charge in [0, 0.05) is 26.1 Å². The molecule has 0 aliphatic carbocycles. The third-order valence-corrected chi connectivity index (χ3v) is 6.32. The predicted octanol–water partition coefficient (Wildman–Crippen LogP) is 4.55. The fourth-order valence-corrected chi connectivity index (χ4v) is 4.86. The Morgan fingerprint density at radius 1 is 1.10 bits per heavy atom. The molecule has 31 heavy (non-hydrogen) atoms. The molecule has 160 valence electrons. The van der Waals surface area contributed by atoms with Crippen LogP contribution >= 0.6 is 0 Å². The lowest BCUT2D eigenvalue weighted by Gasteiger charge is -2.26. The minimum atomic E-state index is -0.142. The first-order valence-corrected chi connectivity index (χ1v) is 11.1. The Morgan fingerprint density at radius 2 is 1.90 bits per heavy atom. The Labute approximate surface area is 181 Å². The van der Waals surface area contributed by atoms with Crippen molar-refractivity contribution >= 4 is 34.3 Å². The van der Waals surface area contributed by atoms with E-state index < -0.39 is 0 Å². The zero-order valence-electron chi connectivity index (χ0n) is 17.8. The summed E-state index contributed by atoms with van der Waals surface area (Å²) < 4.78 is 2.21. The number of rotatable bonds is 4. The average Bonchev–Trinajstić information content (AvgIpc) is 3.51. The van der Waals surface area contributed by atoms with Crippen molar-refractivity contribution in [2.24, 2.45) is 0 Å². The van der Waals surface area contributed by atoms with Crippen LogP contribution in [0.3, 0.4) is 0 Å². The summed E-state index contributed by atoms with van der Waals surface area (Å²) in [7, 11) is 0. The summed E-state index contributed by atoms with van der Waals surface area (Å²) in [6, 6.07) is 15.5. The molecule has 2 fully saturated rings. The van der Waals surface area contributed by atoms with Gasteiger partial charge in [-0.3, -0.25) is 4.79 Å². The summed E-state index contributed by atoms with van der Waals surface area (Å²) in [6.07, 6.45) is 3.24. The highest BCUT2D eigenvalue weighted by molar-refractivity contribution is 6.01. The van der Waals surface area contributed by atoms with E-state index in [1.807, 2.05) is 47.4 Å². The topological polar surface area (TPSA) is 70.5 Å². The first-order valence-electron chi connectivity index (χ1n) is 11.1. The van der Waals surface area contributed by atoms with Crippen molar-refractivity contribution in [3.63, 3.8) is 0 Å². The second-order valence-corrected chi connectivity index (χ2v) is 8.15. The van der Waals surface area contributed by atoms with Gasteiger partial charge in [0.1, 0.15) is 5.82 Å². The van der Waals surface area contributed by atoms with Crippen molar-refractivity contribution in [2.45, 2.75) is 45.2 Å². The molecule has 7 heteroatoms. The molecule has 1 aromatic heterocycles. The molecule has 3 heterocycles. The maximum atomic E-state index is 13.3. The quantitative estimate of drug-likeness (QED) is 0.677. The Morgan fingerprint density at radius 3 is 2.71 bits per heavy atom. The van der Waals surface area contributed by atoms with Crippen molar-refractivity contribution in [3.8, 4) is 0 Å². The van der Waals surface area contributed by atoms with Crippen LogP contribution in [0.15, 0.2) is 48.5 Å². The number of carbonyl (C=O) groups is 2. The second-order valence-electron chi connectivity index (χ2n) is 8.15. The third-order valence-electron chi connectivity index (χ3n) is 6.32.